The van der Waals surface area contributed by atoms with Gasteiger partial charge in [0.1, 0.15) is 22.7 Å². The molecule has 7 nitrogen and oxygen atoms in total. The fraction of sp³-hybridized carbons (Fsp3) is 0.353. The van der Waals surface area contributed by atoms with E-state index >= 15 is 0 Å². The minimum Gasteiger partial charge on any atom is -0.508 e. The summed E-state index contributed by atoms with van der Waals surface area (Å²) in [5.74, 6) is -0.126. The van der Waals surface area contributed by atoms with Crippen LogP contribution in [0.2, 0.25) is 0 Å². The van der Waals surface area contributed by atoms with E-state index in [1.807, 2.05) is 27.7 Å². The second-order valence-corrected chi connectivity index (χ2v) is 6.26. The number of carbonyl (C=O) groups excluding carboxylic acids is 1. The number of aryl methyl sites for hydroxylation is 2. The quantitative estimate of drug-likeness (QED) is 0.782. The van der Waals surface area contributed by atoms with Crippen molar-refractivity contribution in [2.75, 3.05) is 5.73 Å². The molecule has 2 aromatic heterocycles. The Balaban J connectivity index is 2.47. The molecular weight excluding hydrogens is 306 g/mol. The van der Waals surface area contributed by atoms with Gasteiger partial charge in [-0.05, 0) is 33.3 Å². The van der Waals surface area contributed by atoms with Gasteiger partial charge in [-0.2, -0.15) is 0 Å². The highest BCUT2D eigenvalue weighted by atomic mass is 16.3. The Morgan fingerprint density at radius 2 is 1.92 bits per heavy atom. The fourth-order valence-corrected chi connectivity index (χ4v) is 3.19. The Bertz CT molecular complexity index is 936. The Kier molecular flexibility index (Phi) is 3.59. The molecule has 5 N–H and O–H groups in total. The molecule has 7 heteroatoms. The van der Waals surface area contributed by atoms with Crippen LogP contribution in [0.5, 0.6) is 0 Å². The number of allylic oxidation sites excluding steroid dienone is 3. The van der Waals surface area contributed by atoms with Crippen molar-refractivity contribution in [3.05, 3.63) is 34.4 Å². The van der Waals surface area contributed by atoms with Crippen LogP contribution in [0.25, 0.3) is 16.9 Å². The maximum Gasteiger partial charge on any atom is 0.254 e. The summed E-state index contributed by atoms with van der Waals surface area (Å²) in [6.45, 7) is 7.52. The molecule has 2 aromatic rings. The Hall–Kier alpha value is -2.83. The van der Waals surface area contributed by atoms with Crippen molar-refractivity contribution in [3.63, 3.8) is 0 Å². The molecule has 1 aliphatic rings. The average Bonchev–Trinajstić information content (AvgIpc) is 2.77. The minimum atomic E-state index is -0.643. The Labute approximate surface area is 139 Å². The van der Waals surface area contributed by atoms with Crippen LogP contribution in [0.4, 0.5) is 5.82 Å². The molecule has 0 aromatic carbocycles. The first-order chi connectivity index (χ1) is 11.2. The number of anilines is 1. The van der Waals surface area contributed by atoms with Gasteiger partial charge >= 0.3 is 0 Å². The van der Waals surface area contributed by atoms with Crippen molar-refractivity contribution in [3.8, 4) is 0 Å². The number of primary amides is 1. The molecule has 1 unspecified atom stereocenters. The monoisotopic (exact) mass is 327 g/mol. The number of amides is 1. The van der Waals surface area contributed by atoms with Gasteiger partial charge in [0.15, 0.2) is 5.65 Å². The van der Waals surface area contributed by atoms with Gasteiger partial charge in [0, 0.05) is 17.2 Å². The van der Waals surface area contributed by atoms with Gasteiger partial charge < -0.3 is 16.6 Å². The highest BCUT2D eigenvalue weighted by Gasteiger charge is 2.28. The molecule has 3 rings (SSSR count). The molecule has 1 aliphatic carbocycles. The van der Waals surface area contributed by atoms with Gasteiger partial charge in [-0.3, -0.25) is 9.36 Å². The number of fused-ring (bicyclic) bond motifs is 1. The predicted octanol–water partition coefficient (Wildman–Crippen LogP) is 2.44. The lowest BCUT2D eigenvalue weighted by Gasteiger charge is -2.24. The predicted molar refractivity (Wildman–Crippen MR) is 93.3 cm³/mol. The first-order valence-electron chi connectivity index (χ1n) is 7.79. The van der Waals surface area contributed by atoms with Crippen molar-refractivity contribution in [1.29, 1.82) is 0 Å². The number of aliphatic hydroxyl groups is 1. The zero-order valence-electron chi connectivity index (χ0n) is 14.2. The van der Waals surface area contributed by atoms with Crippen LogP contribution >= 0.6 is 0 Å². The highest BCUT2D eigenvalue weighted by Crippen LogP contribution is 2.38. The lowest BCUT2D eigenvalue weighted by molar-refractivity contribution is 0.100. The van der Waals surface area contributed by atoms with Gasteiger partial charge in [0.2, 0.25) is 0 Å². The maximum atomic E-state index is 11.9. The third kappa shape index (κ3) is 2.16. The van der Waals surface area contributed by atoms with E-state index in [0.29, 0.717) is 28.9 Å². The van der Waals surface area contributed by atoms with Crippen LogP contribution in [0.1, 0.15) is 42.0 Å². The zero-order valence-corrected chi connectivity index (χ0v) is 14.2. The number of rotatable bonds is 2. The average molecular weight is 327 g/mol. The summed E-state index contributed by atoms with van der Waals surface area (Å²) in [7, 11) is 0. The maximum absolute atomic E-state index is 11.9. The van der Waals surface area contributed by atoms with E-state index in [1.165, 1.54) is 0 Å². The van der Waals surface area contributed by atoms with E-state index in [-0.39, 0.29) is 23.1 Å². The van der Waals surface area contributed by atoms with Crippen molar-refractivity contribution >= 4 is 28.6 Å². The first-order valence-corrected chi connectivity index (χ1v) is 7.79. The SMILES string of the molecule is CC1=C(n2c(N)c(C(N)=O)c3nc(C)c(C)nc32)C(C)CC=C1O. The molecule has 2 heterocycles. The molecule has 1 amide bonds. The van der Waals surface area contributed by atoms with Gasteiger partial charge in [0.05, 0.1) is 11.4 Å². The zero-order chi connectivity index (χ0) is 17.8. The van der Waals surface area contributed by atoms with Gasteiger partial charge in [-0.1, -0.05) is 6.92 Å². The number of nitrogens with zero attached hydrogens (tertiary/aromatic N) is 3. The topological polar surface area (TPSA) is 120 Å². The number of aromatic nitrogens is 3. The fourth-order valence-electron chi connectivity index (χ4n) is 3.19. The molecule has 24 heavy (non-hydrogen) atoms. The summed E-state index contributed by atoms with van der Waals surface area (Å²) >= 11 is 0. The molecule has 0 spiro atoms. The molecule has 1 atom stereocenters. The number of nitrogens with two attached hydrogens (primary N) is 2. The molecule has 0 aliphatic heterocycles. The number of nitrogen functional groups attached to an aromatic ring is 1. The summed E-state index contributed by atoms with van der Waals surface area (Å²) in [5, 5.41) is 10.1. The summed E-state index contributed by atoms with van der Waals surface area (Å²) in [6.07, 6.45) is 2.45. The smallest absolute Gasteiger partial charge is 0.254 e. The normalized spacial score (nSPS) is 18.2. The number of hydrogen-bond donors (Lipinski definition) is 3. The highest BCUT2D eigenvalue weighted by molar-refractivity contribution is 6.10. The summed E-state index contributed by atoms with van der Waals surface area (Å²) in [6, 6.07) is 0. The van der Waals surface area contributed by atoms with E-state index in [2.05, 4.69) is 9.97 Å². The van der Waals surface area contributed by atoms with Crippen LogP contribution in [0.3, 0.4) is 0 Å². The Morgan fingerprint density at radius 1 is 1.29 bits per heavy atom. The van der Waals surface area contributed by atoms with Crippen LogP contribution in [0.15, 0.2) is 17.4 Å². The summed E-state index contributed by atoms with van der Waals surface area (Å²) in [5.41, 5.74) is 15.8. The van der Waals surface area contributed by atoms with Crippen LogP contribution in [-0.2, 0) is 0 Å². The van der Waals surface area contributed by atoms with Gasteiger partial charge in [-0.15, -0.1) is 0 Å². The second kappa shape index (κ2) is 5.36. The molecule has 0 saturated heterocycles. The number of carbonyl (C=O) groups is 1. The third-order valence-corrected chi connectivity index (χ3v) is 4.62. The lowest BCUT2D eigenvalue weighted by atomic mass is 9.93. The van der Waals surface area contributed by atoms with Crippen LogP contribution in [-0.4, -0.2) is 25.5 Å². The van der Waals surface area contributed by atoms with E-state index in [4.69, 9.17) is 11.5 Å². The summed E-state index contributed by atoms with van der Waals surface area (Å²) < 4.78 is 1.71. The molecule has 0 bridgehead atoms. The number of hydrogen-bond acceptors (Lipinski definition) is 5. The lowest BCUT2D eigenvalue weighted by Crippen LogP contribution is -2.17. The first kappa shape index (κ1) is 16.0. The summed E-state index contributed by atoms with van der Waals surface area (Å²) in [4.78, 5) is 21.0. The van der Waals surface area contributed by atoms with Gasteiger partial charge in [0.25, 0.3) is 5.91 Å². The van der Waals surface area contributed by atoms with Crippen molar-refractivity contribution in [2.45, 2.75) is 34.1 Å². The molecule has 0 saturated carbocycles. The van der Waals surface area contributed by atoms with E-state index in [9.17, 15) is 9.90 Å². The molecule has 126 valence electrons. The van der Waals surface area contributed by atoms with Crippen LogP contribution < -0.4 is 11.5 Å². The number of aliphatic hydroxyl groups excluding tert-OH is 1. The minimum absolute atomic E-state index is 0.0999. The van der Waals surface area contributed by atoms with E-state index in [0.717, 1.165) is 11.4 Å². The largest absolute Gasteiger partial charge is 0.508 e. The van der Waals surface area contributed by atoms with Crippen molar-refractivity contribution in [2.24, 2.45) is 11.7 Å². The third-order valence-electron chi connectivity index (χ3n) is 4.62. The van der Waals surface area contributed by atoms with E-state index in [1.54, 1.807) is 10.6 Å². The molecular formula is C17H21N5O2. The van der Waals surface area contributed by atoms with E-state index < -0.39 is 5.91 Å². The molecule has 0 radical (unpaired) electrons. The van der Waals surface area contributed by atoms with Crippen molar-refractivity contribution < 1.29 is 9.90 Å². The molecule has 0 fully saturated rings. The standard InChI is InChI=1S/C17H21N5O2/c1-7-5-6-11(23)8(2)14(7)22-15(18)12(16(19)24)13-17(22)21-10(4)9(3)20-13/h6-7,23H,5,18H2,1-4H3,(H2,19,24). The van der Waals surface area contributed by atoms with Crippen LogP contribution in [0, 0.1) is 19.8 Å². The van der Waals surface area contributed by atoms with Crippen molar-refractivity contribution in [1.82, 2.24) is 14.5 Å². The van der Waals surface area contributed by atoms with Gasteiger partial charge in [-0.25, -0.2) is 9.97 Å². The Morgan fingerprint density at radius 3 is 2.54 bits per heavy atom. The second-order valence-electron chi connectivity index (χ2n) is 6.26.